The first-order valence-corrected chi connectivity index (χ1v) is 10.9. The molecule has 7 heteroatoms. The second-order valence-electron chi connectivity index (χ2n) is 8.50. The highest BCUT2D eigenvalue weighted by molar-refractivity contribution is 6.36. The Labute approximate surface area is 191 Å². The van der Waals surface area contributed by atoms with Gasteiger partial charge in [0.1, 0.15) is 17.1 Å². The molecule has 4 aromatic rings. The monoisotopic (exact) mass is 440 g/mol. The summed E-state index contributed by atoms with van der Waals surface area (Å²) in [5, 5.41) is 19.3. The quantitative estimate of drug-likeness (QED) is 0.379. The Kier molecular flexibility index (Phi) is 4.77. The fourth-order valence-electron chi connectivity index (χ4n) is 4.19. The second-order valence-corrected chi connectivity index (χ2v) is 8.90. The lowest BCUT2D eigenvalue weighted by molar-refractivity contribution is 0.673. The number of nitriles is 1. The van der Waals surface area contributed by atoms with Crippen LogP contribution in [0.25, 0.3) is 16.7 Å². The van der Waals surface area contributed by atoms with E-state index < -0.39 is 5.41 Å². The minimum absolute atomic E-state index is 0.547. The molecule has 0 radical (unpaired) electrons. The van der Waals surface area contributed by atoms with Crippen LogP contribution in [0.2, 0.25) is 5.02 Å². The highest BCUT2D eigenvalue weighted by atomic mass is 35.5. The van der Waals surface area contributed by atoms with E-state index in [0.29, 0.717) is 10.8 Å². The molecule has 0 aliphatic carbocycles. The third-order valence-electron chi connectivity index (χ3n) is 5.77. The van der Waals surface area contributed by atoms with Gasteiger partial charge in [-0.25, -0.2) is 0 Å². The van der Waals surface area contributed by atoms with Gasteiger partial charge in [-0.3, -0.25) is 4.40 Å². The van der Waals surface area contributed by atoms with Crippen LogP contribution < -0.4 is 4.90 Å². The molecule has 5 rings (SSSR count). The van der Waals surface area contributed by atoms with Gasteiger partial charge in [-0.1, -0.05) is 35.6 Å². The van der Waals surface area contributed by atoms with E-state index in [2.05, 4.69) is 39.1 Å². The predicted molar refractivity (Wildman–Crippen MR) is 126 cm³/mol. The lowest BCUT2D eigenvalue weighted by Crippen LogP contribution is -2.26. The smallest absolute Gasteiger partial charge is 0.257 e. The zero-order valence-electron chi connectivity index (χ0n) is 18.1. The van der Waals surface area contributed by atoms with Gasteiger partial charge in [0.15, 0.2) is 0 Å². The Morgan fingerprint density at radius 3 is 2.75 bits per heavy atom. The van der Waals surface area contributed by atoms with Gasteiger partial charge in [-0.2, -0.15) is 10.2 Å². The molecule has 6 nitrogen and oxygen atoms in total. The molecule has 158 valence electrons. The van der Waals surface area contributed by atoms with E-state index in [0.717, 1.165) is 53.2 Å². The molecule has 0 N–H and O–H groups in total. The summed E-state index contributed by atoms with van der Waals surface area (Å²) in [6, 6.07) is 14.2. The molecule has 0 saturated carbocycles. The van der Waals surface area contributed by atoms with Gasteiger partial charge in [0.2, 0.25) is 0 Å². The number of anilines is 2. The van der Waals surface area contributed by atoms with Gasteiger partial charge < -0.3 is 4.90 Å². The van der Waals surface area contributed by atoms with Crippen molar-refractivity contribution in [2.75, 3.05) is 11.4 Å². The van der Waals surface area contributed by atoms with Crippen LogP contribution in [0.3, 0.4) is 0 Å². The number of halogens is 1. The summed E-state index contributed by atoms with van der Waals surface area (Å²) in [6.45, 7) is 6.38. The fourth-order valence-corrected chi connectivity index (χ4v) is 4.44. The van der Waals surface area contributed by atoms with E-state index in [1.165, 1.54) is 5.56 Å². The maximum absolute atomic E-state index is 9.32. The summed E-state index contributed by atoms with van der Waals surface area (Å²) in [5.41, 5.74) is 3.41. The van der Waals surface area contributed by atoms with Crippen LogP contribution in [-0.2, 0) is 6.42 Å². The minimum atomic E-state index is -0.696. The number of nitrogens with zero attached hydrogens (tertiary/aromatic N) is 6. The Bertz CT molecular complexity index is 1480. The predicted octanol–water partition coefficient (Wildman–Crippen LogP) is 5.22. The first kappa shape index (κ1) is 20.3. The molecule has 0 fully saturated rings. The summed E-state index contributed by atoms with van der Waals surface area (Å²) >= 11 is 6.70. The van der Waals surface area contributed by atoms with Crippen molar-refractivity contribution in [3.8, 4) is 17.9 Å². The first-order chi connectivity index (χ1) is 15.4. The molecule has 0 saturated heterocycles. The van der Waals surface area contributed by atoms with Gasteiger partial charge in [0, 0.05) is 17.8 Å². The van der Waals surface area contributed by atoms with Crippen LogP contribution in [-0.4, -0.2) is 26.1 Å². The highest BCUT2D eigenvalue weighted by Crippen LogP contribution is 2.40. The SMILES string of the molecule is Cc1nnc2nc(N3CCCc4c(C#CC(C)(C)C#N)cccc43)c3c(Cl)cccc3n12. The Balaban J connectivity index is 1.74. The van der Waals surface area contributed by atoms with Crippen molar-refractivity contribution in [2.45, 2.75) is 33.6 Å². The lowest BCUT2D eigenvalue weighted by atomic mass is 9.93. The normalized spacial score (nSPS) is 13.5. The third kappa shape index (κ3) is 3.25. The van der Waals surface area contributed by atoms with Crippen molar-refractivity contribution in [1.29, 1.82) is 5.26 Å². The van der Waals surface area contributed by atoms with Gasteiger partial charge in [0.05, 0.1) is 22.0 Å². The molecule has 0 atom stereocenters. The molecule has 1 aliphatic heterocycles. The van der Waals surface area contributed by atoms with Crippen LogP contribution in [0, 0.1) is 35.5 Å². The van der Waals surface area contributed by atoms with Crippen LogP contribution in [0.5, 0.6) is 0 Å². The largest absolute Gasteiger partial charge is 0.325 e. The van der Waals surface area contributed by atoms with Crippen molar-refractivity contribution >= 4 is 39.8 Å². The molecule has 0 unspecified atom stereocenters. The van der Waals surface area contributed by atoms with Gasteiger partial charge >= 0.3 is 0 Å². The van der Waals surface area contributed by atoms with Gasteiger partial charge in [-0.05, 0) is 63.4 Å². The van der Waals surface area contributed by atoms with Crippen molar-refractivity contribution in [1.82, 2.24) is 19.6 Å². The molecular formula is C25H21ClN6. The van der Waals surface area contributed by atoms with Crippen LogP contribution >= 0.6 is 11.6 Å². The zero-order valence-corrected chi connectivity index (χ0v) is 18.9. The third-order valence-corrected chi connectivity index (χ3v) is 6.08. The molecule has 32 heavy (non-hydrogen) atoms. The van der Waals surface area contributed by atoms with Gasteiger partial charge in [-0.15, -0.1) is 10.2 Å². The Morgan fingerprint density at radius 1 is 1.12 bits per heavy atom. The number of aromatic nitrogens is 4. The van der Waals surface area contributed by atoms with Crippen LogP contribution in [0.15, 0.2) is 36.4 Å². The molecule has 0 spiro atoms. The number of hydrogen-bond donors (Lipinski definition) is 0. The average Bonchev–Trinajstić information content (AvgIpc) is 3.18. The van der Waals surface area contributed by atoms with Gasteiger partial charge in [0.25, 0.3) is 5.78 Å². The molecule has 0 bridgehead atoms. The van der Waals surface area contributed by atoms with E-state index in [4.69, 9.17) is 16.6 Å². The second kappa shape index (κ2) is 7.51. The standard InChI is InChI=1S/C25H21ClN6/c1-16-29-30-24-28-23(22-19(26)9-5-11-21(22)32(16)24)31-14-6-8-18-17(7-4-10-20(18)31)12-13-25(2,3)15-27/h4-5,7,9-11H,6,8,14H2,1-3H3. The Morgan fingerprint density at radius 2 is 1.94 bits per heavy atom. The zero-order chi connectivity index (χ0) is 22.5. The maximum atomic E-state index is 9.32. The van der Waals surface area contributed by atoms with E-state index in [1.54, 1.807) is 0 Å². The number of benzene rings is 2. The molecular weight excluding hydrogens is 420 g/mol. The molecule has 2 aromatic carbocycles. The fraction of sp³-hybridized carbons (Fsp3) is 0.280. The lowest BCUT2D eigenvalue weighted by Gasteiger charge is -2.32. The Hall–Kier alpha value is -3.61. The molecule has 1 aliphatic rings. The van der Waals surface area contributed by atoms with Crippen LogP contribution in [0.1, 0.15) is 37.2 Å². The van der Waals surface area contributed by atoms with Crippen molar-refractivity contribution in [2.24, 2.45) is 5.41 Å². The van der Waals surface area contributed by atoms with E-state index in [9.17, 15) is 5.26 Å². The van der Waals surface area contributed by atoms with Crippen molar-refractivity contribution in [3.63, 3.8) is 0 Å². The molecule has 2 aromatic heterocycles. The summed E-state index contributed by atoms with van der Waals surface area (Å²) in [5.74, 6) is 8.44. The van der Waals surface area contributed by atoms with E-state index >= 15 is 0 Å². The topological polar surface area (TPSA) is 70.1 Å². The highest BCUT2D eigenvalue weighted by Gasteiger charge is 2.25. The summed E-state index contributed by atoms with van der Waals surface area (Å²) in [7, 11) is 0. The van der Waals surface area contributed by atoms with E-state index in [-0.39, 0.29) is 0 Å². The summed E-state index contributed by atoms with van der Waals surface area (Å²) in [6.07, 6.45) is 1.87. The molecule has 0 amide bonds. The molecule has 3 heterocycles. The van der Waals surface area contributed by atoms with Crippen molar-refractivity contribution in [3.05, 3.63) is 58.4 Å². The summed E-state index contributed by atoms with van der Waals surface area (Å²) in [4.78, 5) is 7.09. The number of hydrogen-bond acceptors (Lipinski definition) is 5. The van der Waals surface area contributed by atoms with Crippen molar-refractivity contribution < 1.29 is 0 Å². The number of rotatable bonds is 1. The average molecular weight is 441 g/mol. The van der Waals surface area contributed by atoms with Crippen LogP contribution in [0.4, 0.5) is 11.5 Å². The maximum Gasteiger partial charge on any atom is 0.257 e. The number of fused-ring (bicyclic) bond motifs is 4. The van der Waals surface area contributed by atoms with E-state index in [1.807, 2.05) is 55.5 Å². The first-order valence-electron chi connectivity index (χ1n) is 10.5. The number of aryl methyl sites for hydroxylation is 1. The summed E-state index contributed by atoms with van der Waals surface area (Å²) < 4.78 is 1.93. The minimum Gasteiger partial charge on any atom is -0.325 e.